The van der Waals surface area contributed by atoms with Gasteiger partial charge in [-0.05, 0) is 50.1 Å². The number of nitrogens with zero attached hydrogens (tertiary/aromatic N) is 1. The first-order chi connectivity index (χ1) is 8.99. The number of pyridine rings is 1. The van der Waals surface area contributed by atoms with Crippen LogP contribution in [0.25, 0.3) is 0 Å². The molecule has 1 aromatic carbocycles. The molecule has 0 saturated carbocycles. The first-order valence-electron chi connectivity index (χ1n) is 5.25. The molecule has 98 valence electrons. The van der Waals surface area contributed by atoms with Crippen molar-refractivity contribution in [3.8, 4) is 0 Å². The summed E-state index contributed by atoms with van der Waals surface area (Å²) in [6.45, 7) is 0. The van der Waals surface area contributed by atoms with Crippen molar-refractivity contribution in [1.29, 1.82) is 0 Å². The van der Waals surface area contributed by atoms with E-state index in [0.717, 1.165) is 14.6 Å². The molecule has 2 rings (SSSR count). The van der Waals surface area contributed by atoms with Crippen molar-refractivity contribution in [2.75, 3.05) is 11.1 Å². The number of nitrogens with one attached hydrogen (secondary N) is 1. The van der Waals surface area contributed by atoms with Crippen molar-refractivity contribution >= 4 is 55.0 Å². The van der Waals surface area contributed by atoms with Crippen LogP contribution in [0.1, 0.15) is 10.4 Å². The van der Waals surface area contributed by atoms with E-state index in [2.05, 4.69) is 42.2 Å². The van der Waals surface area contributed by atoms with E-state index in [1.54, 1.807) is 0 Å². The number of hydrogen-bond acceptors (Lipinski definition) is 4. The molecule has 0 unspecified atom stereocenters. The highest BCUT2D eigenvalue weighted by molar-refractivity contribution is 9.11. The highest BCUT2D eigenvalue weighted by atomic mass is 79.9. The van der Waals surface area contributed by atoms with Crippen LogP contribution in [0.3, 0.4) is 0 Å². The van der Waals surface area contributed by atoms with Crippen LogP contribution < -0.4 is 16.8 Å². The molecule has 0 aliphatic rings. The Morgan fingerprint density at radius 3 is 2.47 bits per heavy atom. The molecule has 5 nitrogen and oxygen atoms in total. The third-order valence-corrected chi connectivity index (χ3v) is 3.74. The summed E-state index contributed by atoms with van der Waals surface area (Å²) in [6.07, 6.45) is 1.40. The summed E-state index contributed by atoms with van der Waals surface area (Å²) >= 11 is 6.86. The Hall–Kier alpha value is -1.60. The zero-order chi connectivity index (χ0) is 14.0. The van der Waals surface area contributed by atoms with Gasteiger partial charge in [0.25, 0.3) is 5.91 Å². The van der Waals surface area contributed by atoms with E-state index in [1.807, 2.05) is 18.2 Å². The van der Waals surface area contributed by atoms with Gasteiger partial charge in [0.05, 0.1) is 23.1 Å². The van der Waals surface area contributed by atoms with Crippen molar-refractivity contribution in [1.82, 2.24) is 4.98 Å². The second-order valence-electron chi connectivity index (χ2n) is 3.74. The SMILES string of the molecule is NC(=O)c1cc(Nc2c(Br)cccc2Br)ncc1N. The molecular weight excluding hydrogens is 376 g/mol. The zero-order valence-corrected chi connectivity index (χ0v) is 12.8. The number of nitrogen functional groups attached to an aromatic ring is 1. The maximum absolute atomic E-state index is 11.2. The minimum absolute atomic E-state index is 0.237. The summed E-state index contributed by atoms with van der Waals surface area (Å²) in [5.41, 5.74) is 12.2. The highest BCUT2D eigenvalue weighted by Gasteiger charge is 2.10. The average molecular weight is 386 g/mol. The van der Waals surface area contributed by atoms with Gasteiger partial charge in [0.2, 0.25) is 0 Å². The summed E-state index contributed by atoms with van der Waals surface area (Å²) in [4.78, 5) is 15.3. The fraction of sp³-hybridized carbons (Fsp3) is 0. The number of hydrogen-bond donors (Lipinski definition) is 3. The van der Waals surface area contributed by atoms with Gasteiger partial charge < -0.3 is 16.8 Å². The maximum Gasteiger partial charge on any atom is 0.250 e. The van der Waals surface area contributed by atoms with E-state index in [9.17, 15) is 4.79 Å². The predicted octanol–water partition coefficient (Wildman–Crippen LogP) is 3.03. The Morgan fingerprint density at radius 1 is 1.26 bits per heavy atom. The molecule has 19 heavy (non-hydrogen) atoms. The average Bonchev–Trinajstić information content (AvgIpc) is 2.35. The number of rotatable bonds is 3. The van der Waals surface area contributed by atoms with Crippen LogP contribution in [0.2, 0.25) is 0 Å². The van der Waals surface area contributed by atoms with E-state index in [1.165, 1.54) is 12.3 Å². The Labute approximate surface area is 126 Å². The van der Waals surface area contributed by atoms with Gasteiger partial charge >= 0.3 is 0 Å². The van der Waals surface area contributed by atoms with E-state index in [4.69, 9.17) is 11.5 Å². The monoisotopic (exact) mass is 384 g/mol. The van der Waals surface area contributed by atoms with Crippen LogP contribution in [-0.2, 0) is 0 Å². The number of nitrogens with two attached hydrogens (primary N) is 2. The summed E-state index contributed by atoms with van der Waals surface area (Å²) < 4.78 is 1.72. The van der Waals surface area contributed by atoms with Crippen molar-refractivity contribution < 1.29 is 4.79 Å². The van der Waals surface area contributed by atoms with E-state index in [-0.39, 0.29) is 11.3 Å². The number of halogens is 2. The number of carbonyl (C=O) groups excluding carboxylic acids is 1. The van der Waals surface area contributed by atoms with Crippen LogP contribution in [0, 0.1) is 0 Å². The third kappa shape index (κ3) is 3.05. The molecule has 0 fully saturated rings. The standard InChI is InChI=1S/C12H10Br2N4O/c13-7-2-1-3-8(14)11(7)18-10-4-6(12(16)19)9(15)5-17-10/h1-5H,15H2,(H2,16,19)(H,17,18). The van der Waals surface area contributed by atoms with Crippen LogP contribution in [0.15, 0.2) is 39.4 Å². The quantitative estimate of drug-likeness (QED) is 0.756. The van der Waals surface area contributed by atoms with Crippen molar-refractivity contribution in [3.05, 3.63) is 45.0 Å². The minimum atomic E-state index is -0.589. The van der Waals surface area contributed by atoms with E-state index >= 15 is 0 Å². The fourth-order valence-corrected chi connectivity index (χ4v) is 2.69. The number of aromatic nitrogens is 1. The summed E-state index contributed by atoms with van der Waals surface area (Å²) in [5.74, 6) is -0.107. The lowest BCUT2D eigenvalue weighted by molar-refractivity contribution is 0.100. The van der Waals surface area contributed by atoms with Gasteiger partial charge in [-0.25, -0.2) is 4.98 Å². The molecule has 0 aliphatic carbocycles. The highest BCUT2D eigenvalue weighted by Crippen LogP contribution is 2.32. The second-order valence-corrected chi connectivity index (χ2v) is 5.45. The number of para-hydroxylation sites is 1. The Bertz CT molecular complexity index is 625. The molecule has 1 amide bonds. The van der Waals surface area contributed by atoms with Crippen LogP contribution in [0.4, 0.5) is 17.2 Å². The first-order valence-corrected chi connectivity index (χ1v) is 6.84. The Kier molecular flexibility index (Phi) is 4.06. The van der Waals surface area contributed by atoms with Crippen LogP contribution in [-0.4, -0.2) is 10.9 Å². The fourth-order valence-electron chi connectivity index (χ4n) is 1.49. The molecule has 0 atom stereocenters. The largest absolute Gasteiger partial charge is 0.397 e. The third-order valence-electron chi connectivity index (χ3n) is 2.42. The molecule has 0 bridgehead atoms. The molecule has 1 heterocycles. The van der Waals surface area contributed by atoms with Gasteiger partial charge in [-0.15, -0.1) is 0 Å². The Balaban J connectivity index is 2.39. The van der Waals surface area contributed by atoms with Crippen molar-refractivity contribution in [3.63, 3.8) is 0 Å². The predicted molar refractivity (Wildman–Crippen MR) is 82.3 cm³/mol. The second kappa shape index (κ2) is 5.58. The summed E-state index contributed by atoms with van der Waals surface area (Å²) in [6, 6.07) is 7.19. The minimum Gasteiger partial charge on any atom is -0.397 e. The molecular formula is C12H10Br2N4O. The van der Waals surface area contributed by atoms with Crippen molar-refractivity contribution in [2.45, 2.75) is 0 Å². The lowest BCUT2D eigenvalue weighted by Gasteiger charge is -2.11. The van der Waals surface area contributed by atoms with Gasteiger partial charge in [-0.1, -0.05) is 6.07 Å². The first kappa shape index (κ1) is 13.8. The molecule has 0 aliphatic heterocycles. The van der Waals surface area contributed by atoms with Crippen LogP contribution >= 0.6 is 31.9 Å². The lowest BCUT2D eigenvalue weighted by atomic mass is 10.2. The molecule has 0 saturated heterocycles. The van der Waals surface area contributed by atoms with Gasteiger partial charge in [0, 0.05) is 8.95 Å². The molecule has 0 spiro atoms. The smallest absolute Gasteiger partial charge is 0.250 e. The number of primary amides is 1. The van der Waals surface area contributed by atoms with Gasteiger partial charge in [-0.3, -0.25) is 4.79 Å². The number of anilines is 3. The van der Waals surface area contributed by atoms with E-state index < -0.39 is 5.91 Å². The topological polar surface area (TPSA) is 94.0 Å². The molecule has 7 heteroatoms. The summed E-state index contributed by atoms with van der Waals surface area (Å²) in [7, 11) is 0. The molecule has 0 radical (unpaired) electrons. The Morgan fingerprint density at radius 2 is 1.89 bits per heavy atom. The number of benzene rings is 1. The zero-order valence-electron chi connectivity index (χ0n) is 9.65. The van der Waals surface area contributed by atoms with E-state index in [0.29, 0.717) is 5.82 Å². The van der Waals surface area contributed by atoms with Gasteiger partial charge in [0.15, 0.2) is 0 Å². The van der Waals surface area contributed by atoms with Crippen LogP contribution in [0.5, 0.6) is 0 Å². The molecule has 2 aromatic rings. The maximum atomic E-state index is 11.2. The normalized spacial score (nSPS) is 10.2. The van der Waals surface area contributed by atoms with Gasteiger partial charge in [0.1, 0.15) is 5.82 Å². The van der Waals surface area contributed by atoms with Crippen molar-refractivity contribution in [2.24, 2.45) is 5.73 Å². The summed E-state index contributed by atoms with van der Waals surface area (Å²) in [5, 5.41) is 3.09. The lowest BCUT2D eigenvalue weighted by Crippen LogP contribution is -2.14. The molecule has 1 aromatic heterocycles. The number of carbonyl (C=O) groups is 1. The number of amides is 1. The van der Waals surface area contributed by atoms with Gasteiger partial charge in [-0.2, -0.15) is 0 Å². The molecule has 5 N–H and O–H groups in total.